The van der Waals surface area contributed by atoms with Crippen LogP contribution in [0.25, 0.3) is 11.0 Å². The Kier molecular flexibility index (Phi) is 3.60. The number of rotatable bonds is 2. The highest BCUT2D eigenvalue weighted by Crippen LogP contribution is 2.22. The Morgan fingerprint density at radius 3 is 3.00 bits per heavy atom. The van der Waals surface area contributed by atoms with Crippen LogP contribution in [0.3, 0.4) is 0 Å². The van der Waals surface area contributed by atoms with E-state index >= 15 is 0 Å². The summed E-state index contributed by atoms with van der Waals surface area (Å²) >= 11 is 0. The molecule has 0 bridgehead atoms. The number of benzene rings is 1. The molecule has 1 aromatic carbocycles. The number of nitrogens with two attached hydrogens (primary N) is 1. The molecule has 0 spiro atoms. The molecule has 0 saturated carbocycles. The van der Waals surface area contributed by atoms with E-state index in [-0.39, 0.29) is 11.9 Å². The van der Waals surface area contributed by atoms with E-state index in [4.69, 9.17) is 5.73 Å². The van der Waals surface area contributed by atoms with Gasteiger partial charge in [0.25, 0.3) is 5.91 Å². The Morgan fingerprint density at radius 1 is 1.30 bits per heavy atom. The third kappa shape index (κ3) is 2.25. The molecule has 1 saturated heterocycles. The SMILES string of the molecule is NCC1CCCCN1C(=O)c1cccc2nccnc12. The van der Waals surface area contributed by atoms with Gasteiger partial charge in [0.05, 0.1) is 11.1 Å². The predicted octanol–water partition coefficient (Wildman–Crippen LogP) is 1.58. The summed E-state index contributed by atoms with van der Waals surface area (Å²) in [5.41, 5.74) is 7.84. The maximum Gasteiger partial charge on any atom is 0.256 e. The minimum Gasteiger partial charge on any atom is -0.334 e. The molecule has 1 atom stereocenters. The Bertz CT molecular complexity index is 623. The van der Waals surface area contributed by atoms with Crippen LogP contribution >= 0.6 is 0 Å². The first-order chi connectivity index (χ1) is 9.81. The highest BCUT2D eigenvalue weighted by molar-refractivity contribution is 6.04. The second-order valence-corrected chi connectivity index (χ2v) is 5.11. The largest absolute Gasteiger partial charge is 0.334 e. The average Bonchev–Trinajstić information content (AvgIpc) is 2.53. The van der Waals surface area contributed by atoms with Crippen molar-refractivity contribution < 1.29 is 4.79 Å². The van der Waals surface area contributed by atoms with Gasteiger partial charge >= 0.3 is 0 Å². The van der Waals surface area contributed by atoms with Crippen molar-refractivity contribution in [3.8, 4) is 0 Å². The molecule has 1 fully saturated rings. The molecule has 1 aliphatic heterocycles. The van der Waals surface area contributed by atoms with Gasteiger partial charge < -0.3 is 10.6 Å². The third-order valence-electron chi connectivity index (χ3n) is 3.89. The maximum atomic E-state index is 12.8. The minimum absolute atomic E-state index is 0.0197. The third-order valence-corrected chi connectivity index (χ3v) is 3.89. The van der Waals surface area contributed by atoms with Gasteiger partial charge in [-0.25, -0.2) is 0 Å². The molecule has 2 aromatic rings. The summed E-state index contributed by atoms with van der Waals surface area (Å²) in [5, 5.41) is 0. The van der Waals surface area contributed by atoms with Gasteiger partial charge in [0.1, 0.15) is 5.52 Å². The van der Waals surface area contributed by atoms with Crippen LogP contribution in [0.4, 0.5) is 0 Å². The van der Waals surface area contributed by atoms with Crippen LogP contribution < -0.4 is 5.73 Å². The second kappa shape index (κ2) is 5.54. The smallest absolute Gasteiger partial charge is 0.256 e. The Labute approximate surface area is 117 Å². The molecule has 104 valence electrons. The Hall–Kier alpha value is -2.01. The molecule has 20 heavy (non-hydrogen) atoms. The van der Waals surface area contributed by atoms with Gasteiger partial charge in [-0.05, 0) is 31.4 Å². The molecule has 5 nitrogen and oxygen atoms in total. The summed E-state index contributed by atoms with van der Waals surface area (Å²) < 4.78 is 0. The molecule has 1 unspecified atom stereocenters. The summed E-state index contributed by atoms with van der Waals surface area (Å²) in [6.07, 6.45) is 6.42. The Morgan fingerprint density at radius 2 is 2.15 bits per heavy atom. The van der Waals surface area contributed by atoms with Crippen LogP contribution in [-0.2, 0) is 0 Å². The minimum atomic E-state index is 0.0197. The van der Waals surface area contributed by atoms with Crippen molar-refractivity contribution in [2.75, 3.05) is 13.1 Å². The van der Waals surface area contributed by atoms with E-state index in [1.807, 2.05) is 23.1 Å². The van der Waals surface area contributed by atoms with Crippen molar-refractivity contribution in [1.82, 2.24) is 14.9 Å². The lowest BCUT2D eigenvalue weighted by Crippen LogP contribution is -2.47. The fourth-order valence-corrected chi connectivity index (χ4v) is 2.83. The number of carbonyl (C=O) groups excluding carboxylic acids is 1. The van der Waals surface area contributed by atoms with Crippen molar-refractivity contribution in [2.45, 2.75) is 25.3 Å². The van der Waals surface area contributed by atoms with Crippen molar-refractivity contribution in [3.05, 3.63) is 36.2 Å². The van der Waals surface area contributed by atoms with Gasteiger partial charge in [-0.3, -0.25) is 14.8 Å². The summed E-state index contributed by atoms with van der Waals surface area (Å²) in [6.45, 7) is 1.29. The summed E-state index contributed by atoms with van der Waals surface area (Å²) in [6, 6.07) is 5.69. The van der Waals surface area contributed by atoms with Crippen LogP contribution in [0.1, 0.15) is 29.6 Å². The highest BCUT2D eigenvalue weighted by Gasteiger charge is 2.27. The lowest BCUT2D eigenvalue weighted by Gasteiger charge is -2.35. The predicted molar refractivity (Wildman–Crippen MR) is 77.3 cm³/mol. The van der Waals surface area contributed by atoms with Crippen molar-refractivity contribution >= 4 is 16.9 Å². The summed E-state index contributed by atoms with van der Waals surface area (Å²) in [7, 11) is 0. The zero-order valence-corrected chi connectivity index (χ0v) is 11.3. The molecule has 0 aliphatic carbocycles. The van der Waals surface area contributed by atoms with E-state index in [1.54, 1.807) is 12.4 Å². The van der Waals surface area contributed by atoms with Crippen LogP contribution in [0.15, 0.2) is 30.6 Å². The topological polar surface area (TPSA) is 72.1 Å². The standard InChI is InChI=1S/C15H18N4O/c16-10-11-4-1-2-9-19(11)15(20)12-5-3-6-13-14(12)18-8-7-17-13/h3,5-8,11H,1-2,4,9-10,16H2. The molecule has 1 aromatic heterocycles. The highest BCUT2D eigenvalue weighted by atomic mass is 16.2. The van der Waals surface area contributed by atoms with Crippen LogP contribution in [0.2, 0.25) is 0 Å². The molecular weight excluding hydrogens is 252 g/mol. The zero-order valence-electron chi connectivity index (χ0n) is 11.3. The number of amides is 1. The molecule has 2 heterocycles. The van der Waals surface area contributed by atoms with Crippen molar-refractivity contribution in [3.63, 3.8) is 0 Å². The normalized spacial score (nSPS) is 19.2. The van der Waals surface area contributed by atoms with E-state index in [2.05, 4.69) is 9.97 Å². The van der Waals surface area contributed by atoms with E-state index in [0.29, 0.717) is 17.6 Å². The van der Waals surface area contributed by atoms with Gasteiger partial charge in [-0.15, -0.1) is 0 Å². The first-order valence-electron chi connectivity index (χ1n) is 7.02. The lowest BCUT2D eigenvalue weighted by atomic mass is 10.0. The maximum absolute atomic E-state index is 12.8. The monoisotopic (exact) mass is 270 g/mol. The zero-order chi connectivity index (χ0) is 13.9. The fourth-order valence-electron chi connectivity index (χ4n) is 2.83. The van der Waals surface area contributed by atoms with Gasteiger partial charge in [0, 0.05) is 31.5 Å². The first-order valence-corrected chi connectivity index (χ1v) is 7.02. The molecule has 2 N–H and O–H groups in total. The van der Waals surface area contributed by atoms with E-state index < -0.39 is 0 Å². The van der Waals surface area contributed by atoms with E-state index in [9.17, 15) is 4.79 Å². The number of hydrogen-bond acceptors (Lipinski definition) is 4. The quantitative estimate of drug-likeness (QED) is 0.899. The number of fused-ring (bicyclic) bond motifs is 1. The van der Waals surface area contributed by atoms with Gasteiger partial charge in [-0.2, -0.15) is 0 Å². The van der Waals surface area contributed by atoms with E-state index in [1.165, 1.54) is 0 Å². The molecule has 5 heteroatoms. The number of likely N-dealkylation sites (tertiary alicyclic amines) is 1. The average molecular weight is 270 g/mol. The van der Waals surface area contributed by atoms with E-state index in [0.717, 1.165) is 31.3 Å². The van der Waals surface area contributed by atoms with Gasteiger partial charge in [0.15, 0.2) is 0 Å². The molecule has 1 aliphatic rings. The number of hydrogen-bond donors (Lipinski definition) is 1. The van der Waals surface area contributed by atoms with Crippen molar-refractivity contribution in [2.24, 2.45) is 5.73 Å². The number of aromatic nitrogens is 2. The second-order valence-electron chi connectivity index (χ2n) is 5.11. The molecule has 0 radical (unpaired) electrons. The molecule has 1 amide bonds. The van der Waals surface area contributed by atoms with Crippen LogP contribution in [-0.4, -0.2) is 39.9 Å². The van der Waals surface area contributed by atoms with Crippen LogP contribution in [0.5, 0.6) is 0 Å². The molecular formula is C15H18N4O. The number of carbonyl (C=O) groups is 1. The molecule has 3 rings (SSSR count). The van der Waals surface area contributed by atoms with Crippen LogP contribution in [0, 0.1) is 0 Å². The van der Waals surface area contributed by atoms with Gasteiger partial charge in [-0.1, -0.05) is 6.07 Å². The van der Waals surface area contributed by atoms with Gasteiger partial charge in [0.2, 0.25) is 0 Å². The first kappa shape index (κ1) is 13.0. The fraction of sp³-hybridized carbons (Fsp3) is 0.400. The Balaban J connectivity index is 1.99. The number of nitrogens with zero attached hydrogens (tertiary/aromatic N) is 3. The number of para-hydroxylation sites is 1. The summed E-state index contributed by atoms with van der Waals surface area (Å²) in [5.74, 6) is 0.0197. The number of piperidine rings is 1. The summed E-state index contributed by atoms with van der Waals surface area (Å²) in [4.78, 5) is 23.2. The lowest BCUT2D eigenvalue weighted by molar-refractivity contribution is 0.0625. The van der Waals surface area contributed by atoms with Crippen molar-refractivity contribution in [1.29, 1.82) is 0 Å².